The Balaban J connectivity index is 1.89. The van der Waals surface area contributed by atoms with Crippen LogP contribution in [0.15, 0.2) is 6.07 Å². The van der Waals surface area contributed by atoms with Crippen molar-refractivity contribution >= 4 is 11.7 Å². The topological polar surface area (TPSA) is 83.8 Å². The number of carbonyl (C=O) groups is 1. The third-order valence-electron chi connectivity index (χ3n) is 2.50. The van der Waals surface area contributed by atoms with Crippen LogP contribution in [-0.4, -0.2) is 22.1 Å². The number of carbonyl (C=O) groups excluding carboxylic acids is 1. The van der Waals surface area contributed by atoms with Crippen LogP contribution in [0, 0.1) is 12.8 Å². The third-order valence-corrected chi connectivity index (χ3v) is 2.50. The van der Waals surface area contributed by atoms with Crippen molar-refractivity contribution in [3.8, 4) is 0 Å². The maximum atomic E-state index is 11.5. The second-order valence-electron chi connectivity index (χ2n) is 3.85. The molecule has 0 atom stereocenters. The Kier molecular flexibility index (Phi) is 2.25. The van der Waals surface area contributed by atoms with Crippen LogP contribution < -0.4 is 11.1 Å². The van der Waals surface area contributed by atoms with Crippen LogP contribution in [0.4, 0.5) is 5.82 Å². The molecule has 0 saturated heterocycles. The second-order valence-corrected chi connectivity index (χ2v) is 3.85. The third kappa shape index (κ3) is 1.77. The molecule has 0 aromatic carbocycles. The number of aromatic amines is 1. The fourth-order valence-electron chi connectivity index (χ4n) is 1.59. The van der Waals surface area contributed by atoms with E-state index in [9.17, 15) is 4.79 Å². The van der Waals surface area contributed by atoms with Crippen molar-refractivity contribution in [1.29, 1.82) is 0 Å². The monoisotopic (exact) mass is 194 g/mol. The number of nitrogens with zero attached hydrogens (tertiary/aromatic N) is 1. The molecule has 5 nitrogen and oxygen atoms in total. The molecule has 1 aliphatic rings. The molecule has 1 aromatic rings. The molecule has 4 N–H and O–H groups in total. The number of nitrogens with two attached hydrogens (primary N) is 1. The highest BCUT2D eigenvalue weighted by Crippen LogP contribution is 2.26. The molecule has 76 valence electrons. The number of hydrogen-bond donors (Lipinski definition) is 3. The average molecular weight is 194 g/mol. The van der Waals surface area contributed by atoms with Crippen LogP contribution in [0.2, 0.25) is 0 Å². The Labute approximate surface area is 82.1 Å². The molecule has 0 bridgehead atoms. The van der Waals surface area contributed by atoms with Crippen LogP contribution in [-0.2, 0) is 4.79 Å². The largest absolute Gasteiger partial charge is 0.328 e. The van der Waals surface area contributed by atoms with Gasteiger partial charge in [-0.15, -0.1) is 0 Å². The summed E-state index contributed by atoms with van der Waals surface area (Å²) >= 11 is 0. The summed E-state index contributed by atoms with van der Waals surface area (Å²) in [7, 11) is 0. The van der Waals surface area contributed by atoms with E-state index < -0.39 is 0 Å². The van der Waals surface area contributed by atoms with Crippen molar-refractivity contribution in [3.05, 3.63) is 11.8 Å². The predicted octanol–water partition coefficient (Wildman–Crippen LogP) is 0.394. The minimum atomic E-state index is 0.0261. The molecule has 1 fully saturated rings. The van der Waals surface area contributed by atoms with E-state index in [0.717, 1.165) is 18.5 Å². The summed E-state index contributed by atoms with van der Waals surface area (Å²) in [6, 6.07) is 2.00. The molecule has 0 spiro atoms. The summed E-state index contributed by atoms with van der Waals surface area (Å²) in [5, 5.41) is 9.44. The van der Waals surface area contributed by atoms with E-state index in [0.29, 0.717) is 5.82 Å². The van der Waals surface area contributed by atoms with Gasteiger partial charge in [-0.05, 0) is 19.8 Å². The first-order chi connectivity index (χ1) is 6.65. The lowest BCUT2D eigenvalue weighted by Crippen LogP contribution is -2.42. The minimum absolute atomic E-state index is 0.0261. The quantitative estimate of drug-likeness (QED) is 0.637. The van der Waals surface area contributed by atoms with Crippen molar-refractivity contribution < 1.29 is 4.79 Å². The minimum Gasteiger partial charge on any atom is -0.328 e. The Morgan fingerprint density at radius 2 is 2.43 bits per heavy atom. The summed E-state index contributed by atoms with van der Waals surface area (Å²) in [6.45, 7) is 1.89. The highest BCUT2D eigenvalue weighted by molar-refractivity contribution is 5.92. The summed E-state index contributed by atoms with van der Waals surface area (Å²) < 4.78 is 0. The van der Waals surface area contributed by atoms with E-state index >= 15 is 0 Å². The molecular weight excluding hydrogens is 180 g/mol. The lowest BCUT2D eigenvalue weighted by molar-refractivity contribution is -0.122. The SMILES string of the molecule is Cc1cc(NC(=O)C2CC(N)C2)n[nH]1. The number of nitrogens with one attached hydrogen (secondary N) is 2. The van der Waals surface area contributed by atoms with Gasteiger partial charge < -0.3 is 11.1 Å². The number of rotatable bonds is 2. The number of hydrogen-bond acceptors (Lipinski definition) is 3. The van der Waals surface area contributed by atoms with Gasteiger partial charge >= 0.3 is 0 Å². The number of aryl methyl sites for hydroxylation is 1. The molecular formula is C9H14N4O. The normalized spacial score (nSPS) is 25.6. The second kappa shape index (κ2) is 3.42. The van der Waals surface area contributed by atoms with Gasteiger partial charge in [0.1, 0.15) is 0 Å². The van der Waals surface area contributed by atoms with Gasteiger partial charge in [0.2, 0.25) is 5.91 Å². The van der Waals surface area contributed by atoms with Crippen molar-refractivity contribution in [3.63, 3.8) is 0 Å². The zero-order chi connectivity index (χ0) is 10.1. The smallest absolute Gasteiger partial charge is 0.228 e. The molecule has 0 radical (unpaired) electrons. The van der Waals surface area contributed by atoms with Crippen LogP contribution in [0.3, 0.4) is 0 Å². The number of H-pyrrole nitrogens is 1. The van der Waals surface area contributed by atoms with E-state index in [1.807, 2.05) is 6.92 Å². The fraction of sp³-hybridized carbons (Fsp3) is 0.556. The van der Waals surface area contributed by atoms with Crippen LogP contribution in [0.25, 0.3) is 0 Å². The lowest BCUT2D eigenvalue weighted by Gasteiger charge is -2.30. The van der Waals surface area contributed by atoms with Gasteiger partial charge in [-0.1, -0.05) is 0 Å². The van der Waals surface area contributed by atoms with Crippen molar-refractivity contribution in [2.45, 2.75) is 25.8 Å². The molecule has 2 rings (SSSR count). The molecule has 14 heavy (non-hydrogen) atoms. The molecule has 5 heteroatoms. The molecule has 1 amide bonds. The van der Waals surface area contributed by atoms with Gasteiger partial charge in [-0.3, -0.25) is 9.89 Å². The predicted molar refractivity (Wildman–Crippen MR) is 52.7 cm³/mol. The summed E-state index contributed by atoms with van der Waals surface area (Å²) in [5.41, 5.74) is 6.54. The Hall–Kier alpha value is -1.36. The van der Waals surface area contributed by atoms with Crippen molar-refractivity contribution in [2.75, 3.05) is 5.32 Å². The van der Waals surface area contributed by atoms with Gasteiger partial charge in [0.25, 0.3) is 0 Å². The van der Waals surface area contributed by atoms with E-state index in [1.165, 1.54) is 0 Å². The molecule has 0 unspecified atom stereocenters. The van der Waals surface area contributed by atoms with Gasteiger partial charge in [0.15, 0.2) is 5.82 Å². The molecule has 1 aromatic heterocycles. The molecule has 1 heterocycles. The average Bonchev–Trinajstić information content (AvgIpc) is 2.45. The summed E-state index contributed by atoms with van der Waals surface area (Å²) in [4.78, 5) is 11.5. The number of anilines is 1. The maximum Gasteiger partial charge on any atom is 0.228 e. The van der Waals surface area contributed by atoms with Gasteiger partial charge in [0, 0.05) is 23.7 Å². The first-order valence-corrected chi connectivity index (χ1v) is 4.73. The van der Waals surface area contributed by atoms with Gasteiger partial charge in [-0.2, -0.15) is 5.10 Å². The summed E-state index contributed by atoms with van der Waals surface area (Å²) in [6.07, 6.45) is 1.57. The van der Waals surface area contributed by atoms with Crippen LogP contribution in [0.5, 0.6) is 0 Å². The zero-order valence-corrected chi connectivity index (χ0v) is 8.08. The Morgan fingerprint density at radius 1 is 1.71 bits per heavy atom. The lowest BCUT2D eigenvalue weighted by atomic mass is 9.80. The molecule has 1 saturated carbocycles. The zero-order valence-electron chi connectivity index (χ0n) is 8.08. The molecule has 0 aliphatic heterocycles. The number of aromatic nitrogens is 2. The first kappa shape index (κ1) is 9.21. The highest BCUT2D eigenvalue weighted by Gasteiger charge is 2.32. The Morgan fingerprint density at radius 3 is 2.93 bits per heavy atom. The van der Waals surface area contributed by atoms with E-state index in [1.54, 1.807) is 6.07 Å². The Bertz CT molecular complexity index is 340. The fourth-order valence-corrected chi connectivity index (χ4v) is 1.59. The first-order valence-electron chi connectivity index (χ1n) is 4.73. The number of amides is 1. The summed E-state index contributed by atoms with van der Waals surface area (Å²) in [5.74, 6) is 0.688. The van der Waals surface area contributed by atoms with Gasteiger partial charge in [-0.25, -0.2) is 0 Å². The molecule has 1 aliphatic carbocycles. The maximum absolute atomic E-state index is 11.5. The van der Waals surface area contributed by atoms with Crippen molar-refractivity contribution in [1.82, 2.24) is 10.2 Å². The van der Waals surface area contributed by atoms with Crippen LogP contribution in [0.1, 0.15) is 18.5 Å². The van der Waals surface area contributed by atoms with Crippen molar-refractivity contribution in [2.24, 2.45) is 11.7 Å². The van der Waals surface area contributed by atoms with E-state index in [-0.39, 0.29) is 17.9 Å². The standard InChI is InChI=1S/C9H14N4O/c1-5-2-8(13-12-5)11-9(14)6-3-7(10)4-6/h2,6-7H,3-4,10H2,1H3,(H2,11,12,13,14). The van der Waals surface area contributed by atoms with Gasteiger partial charge in [0.05, 0.1) is 0 Å². The van der Waals surface area contributed by atoms with E-state index in [2.05, 4.69) is 15.5 Å². The highest BCUT2D eigenvalue weighted by atomic mass is 16.2. The van der Waals surface area contributed by atoms with Crippen LogP contribution >= 0.6 is 0 Å². The van der Waals surface area contributed by atoms with E-state index in [4.69, 9.17) is 5.73 Å².